The highest BCUT2D eigenvalue weighted by Gasteiger charge is 2.16. The van der Waals surface area contributed by atoms with Crippen molar-refractivity contribution in [2.75, 3.05) is 11.9 Å². The Hall–Kier alpha value is -1.59. The largest absolute Gasteiger partial charge is 0.352 e. The number of halogens is 1. The molecule has 136 valence electrons. The lowest BCUT2D eigenvalue weighted by atomic mass is 10.0. The average Bonchev–Trinajstić information content (AvgIpc) is 2.45. The van der Waals surface area contributed by atoms with Gasteiger partial charge in [0.05, 0.1) is 6.04 Å². The van der Waals surface area contributed by atoms with Crippen LogP contribution in [-0.2, 0) is 4.79 Å². The van der Waals surface area contributed by atoms with Gasteiger partial charge in [0.1, 0.15) is 0 Å². The van der Waals surface area contributed by atoms with Crippen LogP contribution in [0.15, 0.2) is 18.2 Å². The predicted octanol–water partition coefficient (Wildman–Crippen LogP) is 3.11. The molecule has 0 aromatic heterocycles. The molecule has 2 amide bonds. The van der Waals surface area contributed by atoms with Gasteiger partial charge in [0.25, 0.3) is 5.91 Å². The van der Waals surface area contributed by atoms with Crippen LogP contribution >= 0.6 is 12.4 Å². The van der Waals surface area contributed by atoms with Crippen molar-refractivity contribution < 1.29 is 9.59 Å². The van der Waals surface area contributed by atoms with Gasteiger partial charge in [0, 0.05) is 17.8 Å². The van der Waals surface area contributed by atoms with Crippen LogP contribution in [0, 0.1) is 18.8 Å². The van der Waals surface area contributed by atoms with E-state index in [0.29, 0.717) is 36.1 Å². The smallest absolute Gasteiger partial charge is 0.251 e. The fourth-order valence-electron chi connectivity index (χ4n) is 2.18. The van der Waals surface area contributed by atoms with Crippen LogP contribution in [0.3, 0.4) is 0 Å². The molecule has 0 aliphatic carbocycles. The Bertz CT molecular complexity index is 559. The van der Waals surface area contributed by atoms with Crippen LogP contribution in [-0.4, -0.2) is 24.4 Å². The lowest BCUT2D eigenvalue weighted by Crippen LogP contribution is -2.36. The fourth-order valence-corrected chi connectivity index (χ4v) is 2.18. The van der Waals surface area contributed by atoms with Crippen molar-refractivity contribution in [2.24, 2.45) is 17.6 Å². The first-order valence-corrected chi connectivity index (χ1v) is 8.16. The monoisotopic (exact) mass is 355 g/mol. The Kier molecular flexibility index (Phi) is 9.63. The second-order valence-corrected chi connectivity index (χ2v) is 6.86. The molecule has 0 radical (unpaired) electrons. The summed E-state index contributed by atoms with van der Waals surface area (Å²) >= 11 is 0. The topological polar surface area (TPSA) is 84.2 Å². The number of hydrogen-bond acceptors (Lipinski definition) is 3. The Morgan fingerprint density at radius 3 is 2.25 bits per heavy atom. The van der Waals surface area contributed by atoms with E-state index in [1.54, 1.807) is 18.2 Å². The van der Waals surface area contributed by atoms with Gasteiger partial charge in [-0.3, -0.25) is 9.59 Å². The molecule has 1 atom stereocenters. The van der Waals surface area contributed by atoms with Gasteiger partial charge < -0.3 is 16.4 Å². The van der Waals surface area contributed by atoms with Crippen molar-refractivity contribution in [3.63, 3.8) is 0 Å². The third kappa shape index (κ3) is 7.32. The molecule has 0 aliphatic heterocycles. The third-order valence-corrected chi connectivity index (χ3v) is 3.48. The van der Waals surface area contributed by atoms with E-state index in [9.17, 15) is 9.59 Å². The number of nitrogens with one attached hydrogen (secondary N) is 2. The van der Waals surface area contributed by atoms with Crippen LogP contribution in [0.2, 0.25) is 0 Å². The fraction of sp³-hybridized carbons (Fsp3) is 0.556. The number of nitrogens with two attached hydrogens (primary N) is 1. The molecule has 0 unspecified atom stereocenters. The van der Waals surface area contributed by atoms with Crippen LogP contribution in [0.5, 0.6) is 0 Å². The normalized spacial score (nSPS) is 11.8. The minimum Gasteiger partial charge on any atom is -0.352 e. The molecule has 0 spiro atoms. The van der Waals surface area contributed by atoms with Crippen LogP contribution in [0.1, 0.15) is 50.0 Å². The van der Waals surface area contributed by atoms with Gasteiger partial charge in [-0.25, -0.2) is 0 Å². The second-order valence-electron chi connectivity index (χ2n) is 6.86. The number of carbonyl (C=O) groups is 2. The standard InChI is InChI=1S/C18H29N3O2.ClH/c1-11(2)8-15(19)18(23)21-16-7-6-14(9-13(16)5)17(22)20-10-12(3)4;/h6-7,9,11-12,15H,8,10,19H2,1-5H3,(H,20,22)(H,21,23);1H/t15-;/m0./s1. The summed E-state index contributed by atoms with van der Waals surface area (Å²) in [5.41, 5.74) is 8.01. The number of anilines is 1. The maximum Gasteiger partial charge on any atom is 0.251 e. The predicted molar refractivity (Wildman–Crippen MR) is 102 cm³/mol. The molecule has 5 nitrogen and oxygen atoms in total. The van der Waals surface area contributed by atoms with Gasteiger partial charge in [-0.1, -0.05) is 27.7 Å². The van der Waals surface area contributed by atoms with Gasteiger partial charge in [-0.05, 0) is 48.9 Å². The molecule has 1 aromatic carbocycles. The van der Waals surface area contributed by atoms with Gasteiger partial charge in [-0.15, -0.1) is 12.4 Å². The highest BCUT2D eigenvalue weighted by atomic mass is 35.5. The van der Waals surface area contributed by atoms with E-state index in [1.165, 1.54) is 0 Å². The zero-order valence-electron chi connectivity index (χ0n) is 15.2. The van der Waals surface area contributed by atoms with Crippen LogP contribution < -0.4 is 16.4 Å². The van der Waals surface area contributed by atoms with Gasteiger partial charge in [0.15, 0.2) is 0 Å². The molecule has 0 saturated heterocycles. The molecule has 1 rings (SSSR count). The summed E-state index contributed by atoms with van der Waals surface area (Å²) in [6, 6.07) is 4.72. The molecular formula is C18H30ClN3O2. The summed E-state index contributed by atoms with van der Waals surface area (Å²) in [4.78, 5) is 24.1. The molecule has 24 heavy (non-hydrogen) atoms. The van der Waals surface area contributed by atoms with E-state index in [1.807, 2.05) is 34.6 Å². The van der Waals surface area contributed by atoms with E-state index >= 15 is 0 Å². The van der Waals surface area contributed by atoms with Crippen LogP contribution in [0.4, 0.5) is 5.69 Å². The molecule has 0 fully saturated rings. The molecule has 0 saturated carbocycles. The molecule has 1 aromatic rings. The number of hydrogen-bond donors (Lipinski definition) is 3. The Labute approximate surface area is 151 Å². The van der Waals surface area contributed by atoms with E-state index in [0.717, 1.165) is 5.56 Å². The van der Waals surface area contributed by atoms with Gasteiger partial charge in [0.2, 0.25) is 5.91 Å². The molecule has 6 heteroatoms. The second kappa shape index (κ2) is 10.3. The summed E-state index contributed by atoms with van der Waals surface area (Å²) in [6.45, 7) is 10.7. The van der Waals surface area contributed by atoms with Crippen molar-refractivity contribution in [2.45, 2.75) is 47.1 Å². The van der Waals surface area contributed by atoms with Crippen molar-refractivity contribution in [1.82, 2.24) is 5.32 Å². The Morgan fingerprint density at radius 1 is 1.12 bits per heavy atom. The Balaban J connectivity index is 0.00000529. The minimum absolute atomic E-state index is 0. The SMILES string of the molecule is Cc1cc(C(=O)NCC(C)C)ccc1NC(=O)[C@@H](N)CC(C)C.Cl. The first-order valence-electron chi connectivity index (χ1n) is 8.16. The molecular weight excluding hydrogens is 326 g/mol. The summed E-state index contributed by atoms with van der Waals surface area (Å²) in [5, 5.41) is 5.72. The summed E-state index contributed by atoms with van der Waals surface area (Å²) < 4.78 is 0. The van der Waals surface area contributed by atoms with Crippen molar-refractivity contribution in [3.05, 3.63) is 29.3 Å². The van der Waals surface area contributed by atoms with Crippen molar-refractivity contribution >= 4 is 29.9 Å². The Morgan fingerprint density at radius 2 is 1.75 bits per heavy atom. The highest BCUT2D eigenvalue weighted by molar-refractivity contribution is 5.97. The number of rotatable bonds is 7. The maximum atomic E-state index is 12.1. The first kappa shape index (κ1) is 22.4. The minimum atomic E-state index is -0.525. The number of benzene rings is 1. The molecule has 4 N–H and O–H groups in total. The zero-order chi connectivity index (χ0) is 17.6. The number of carbonyl (C=O) groups excluding carboxylic acids is 2. The van der Waals surface area contributed by atoms with E-state index in [2.05, 4.69) is 10.6 Å². The van der Waals surface area contributed by atoms with Gasteiger partial charge in [-0.2, -0.15) is 0 Å². The number of aryl methyl sites for hydroxylation is 1. The first-order chi connectivity index (χ1) is 10.7. The van der Waals surface area contributed by atoms with Crippen LogP contribution in [0.25, 0.3) is 0 Å². The molecule has 0 bridgehead atoms. The zero-order valence-corrected chi connectivity index (χ0v) is 16.0. The van der Waals surface area contributed by atoms with E-state index < -0.39 is 6.04 Å². The van der Waals surface area contributed by atoms with Gasteiger partial charge >= 0.3 is 0 Å². The number of amides is 2. The van der Waals surface area contributed by atoms with Crippen molar-refractivity contribution in [3.8, 4) is 0 Å². The molecule has 0 heterocycles. The lowest BCUT2D eigenvalue weighted by Gasteiger charge is -2.16. The van der Waals surface area contributed by atoms with E-state index in [4.69, 9.17) is 5.73 Å². The van der Waals surface area contributed by atoms with E-state index in [-0.39, 0.29) is 24.2 Å². The summed E-state index contributed by atoms with van der Waals surface area (Å²) in [7, 11) is 0. The third-order valence-electron chi connectivity index (χ3n) is 3.48. The lowest BCUT2D eigenvalue weighted by molar-refractivity contribution is -0.117. The average molecular weight is 356 g/mol. The summed E-state index contributed by atoms with van der Waals surface area (Å²) in [6.07, 6.45) is 0.639. The quantitative estimate of drug-likeness (QED) is 0.702. The highest BCUT2D eigenvalue weighted by Crippen LogP contribution is 2.17. The summed E-state index contributed by atoms with van der Waals surface area (Å²) in [5.74, 6) is 0.472. The van der Waals surface area contributed by atoms with Crippen molar-refractivity contribution in [1.29, 1.82) is 0 Å². The molecule has 0 aliphatic rings. The maximum absolute atomic E-state index is 12.1.